The highest BCUT2D eigenvalue weighted by Crippen LogP contribution is 2.27. The maximum absolute atomic E-state index is 12.6. The third-order valence-electron chi connectivity index (χ3n) is 3.12. The van der Waals surface area contributed by atoms with Gasteiger partial charge in [-0.25, -0.2) is 18.2 Å². The van der Waals surface area contributed by atoms with E-state index in [-0.39, 0.29) is 9.77 Å². The first-order valence-electron chi connectivity index (χ1n) is 6.69. The number of carbonyl (C=O) groups is 1. The van der Waals surface area contributed by atoms with Gasteiger partial charge < -0.3 is 9.15 Å². The Hall–Kier alpha value is -2.65. The number of ether oxygens (including phenoxy) is 1. The van der Waals surface area contributed by atoms with E-state index in [0.29, 0.717) is 17.0 Å². The van der Waals surface area contributed by atoms with Crippen LogP contribution in [0.3, 0.4) is 0 Å². The van der Waals surface area contributed by atoms with E-state index in [1.807, 2.05) is 0 Å². The van der Waals surface area contributed by atoms with Crippen LogP contribution in [0.5, 0.6) is 0 Å². The van der Waals surface area contributed by atoms with Crippen molar-refractivity contribution in [2.45, 2.75) is 4.90 Å². The van der Waals surface area contributed by atoms with Gasteiger partial charge in [-0.2, -0.15) is 0 Å². The van der Waals surface area contributed by atoms with E-state index >= 15 is 0 Å². The van der Waals surface area contributed by atoms with Crippen molar-refractivity contribution >= 4 is 33.0 Å². The average molecular weight is 364 g/mol. The molecule has 124 valence electrons. The van der Waals surface area contributed by atoms with Crippen molar-refractivity contribution in [2.24, 2.45) is 0 Å². The number of sulfonamides is 1. The summed E-state index contributed by atoms with van der Waals surface area (Å²) in [7, 11) is -2.73. The van der Waals surface area contributed by atoms with Gasteiger partial charge in [0.25, 0.3) is 10.0 Å². The zero-order chi connectivity index (χ0) is 17.2. The number of oxazole rings is 1. The molecular weight excluding hydrogens is 352 g/mol. The zero-order valence-corrected chi connectivity index (χ0v) is 14.1. The largest absolute Gasteiger partial charge is 0.465 e. The van der Waals surface area contributed by atoms with Crippen LogP contribution in [0.4, 0.5) is 5.69 Å². The van der Waals surface area contributed by atoms with Gasteiger partial charge in [-0.1, -0.05) is 12.1 Å². The molecule has 2 aromatic heterocycles. The Morgan fingerprint density at radius 2 is 2.17 bits per heavy atom. The van der Waals surface area contributed by atoms with Gasteiger partial charge >= 0.3 is 5.97 Å². The Morgan fingerprint density at radius 3 is 2.88 bits per heavy atom. The molecule has 9 heteroatoms. The first-order chi connectivity index (χ1) is 11.5. The Labute approximate surface area is 142 Å². The van der Waals surface area contributed by atoms with Gasteiger partial charge in [-0.15, -0.1) is 11.3 Å². The summed E-state index contributed by atoms with van der Waals surface area (Å²) >= 11 is 1.00. The molecule has 3 aromatic rings. The van der Waals surface area contributed by atoms with E-state index < -0.39 is 16.0 Å². The fraction of sp³-hybridized carbons (Fsp3) is 0.0667. The van der Waals surface area contributed by atoms with Crippen molar-refractivity contribution in [1.29, 1.82) is 0 Å². The molecule has 0 saturated carbocycles. The summed E-state index contributed by atoms with van der Waals surface area (Å²) in [5.74, 6) is -0.178. The minimum absolute atomic E-state index is 0.0244. The lowest BCUT2D eigenvalue weighted by molar-refractivity contribution is 0.0602. The van der Waals surface area contributed by atoms with E-state index in [2.05, 4.69) is 14.4 Å². The number of nitrogens with zero attached hydrogens (tertiary/aromatic N) is 1. The Bertz CT molecular complexity index is 961. The quantitative estimate of drug-likeness (QED) is 0.699. The van der Waals surface area contributed by atoms with Gasteiger partial charge in [0, 0.05) is 11.3 Å². The summed E-state index contributed by atoms with van der Waals surface area (Å²) in [5.41, 5.74) is 1.01. The minimum Gasteiger partial charge on any atom is -0.465 e. The molecule has 0 unspecified atom stereocenters. The molecule has 0 saturated heterocycles. The van der Waals surface area contributed by atoms with Crippen molar-refractivity contribution in [1.82, 2.24) is 4.98 Å². The Kier molecular flexibility index (Phi) is 4.36. The maximum Gasteiger partial charge on any atom is 0.349 e. The van der Waals surface area contributed by atoms with Crippen LogP contribution in [-0.2, 0) is 14.8 Å². The lowest BCUT2D eigenvalue weighted by Gasteiger charge is -2.09. The van der Waals surface area contributed by atoms with E-state index in [1.165, 1.54) is 31.1 Å². The van der Waals surface area contributed by atoms with Crippen LogP contribution in [-0.4, -0.2) is 26.5 Å². The van der Waals surface area contributed by atoms with Crippen molar-refractivity contribution in [3.8, 4) is 11.3 Å². The SMILES string of the molecule is COC(=O)c1sccc1S(=O)(=O)Nc1cccc(-c2cnco2)c1. The second kappa shape index (κ2) is 6.46. The maximum atomic E-state index is 12.6. The summed E-state index contributed by atoms with van der Waals surface area (Å²) < 4.78 is 37.4. The molecule has 0 aliphatic rings. The van der Waals surface area contributed by atoms with Gasteiger partial charge in [-0.3, -0.25) is 4.72 Å². The molecule has 0 atom stereocenters. The predicted molar refractivity (Wildman–Crippen MR) is 88.4 cm³/mol. The van der Waals surface area contributed by atoms with Crippen LogP contribution in [0.1, 0.15) is 9.67 Å². The molecular formula is C15H12N2O5S2. The van der Waals surface area contributed by atoms with Gasteiger partial charge in [0.1, 0.15) is 9.77 Å². The highest BCUT2D eigenvalue weighted by atomic mass is 32.2. The molecule has 0 spiro atoms. The van der Waals surface area contributed by atoms with Crippen LogP contribution in [0.2, 0.25) is 0 Å². The van der Waals surface area contributed by atoms with Crippen LogP contribution < -0.4 is 4.72 Å². The highest BCUT2D eigenvalue weighted by molar-refractivity contribution is 7.93. The smallest absolute Gasteiger partial charge is 0.349 e. The average Bonchev–Trinajstić information content (AvgIpc) is 3.25. The predicted octanol–water partition coefficient (Wildman–Crippen LogP) is 2.99. The van der Waals surface area contributed by atoms with Gasteiger partial charge in [0.2, 0.25) is 0 Å². The number of anilines is 1. The van der Waals surface area contributed by atoms with E-state index in [4.69, 9.17) is 4.42 Å². The van der Waals surface area contributed by atoms with Gasteiger partial charge in [0.15, 0.2) is 12.2 Å². The lowest BCUT2D eigenvalue weighted by atomic mass is 10.2. The van der Waals surface area contributed by atoms with E-state index in [1.54, 1.807) is 24.3 Å². The number of thiophene rings is 1. The summed E-state index contributed by atoms with van der Waals surface area (Å²) in [5, 5.41) is 1.52. The molecule has 0 fully saturated rings. The fourth-order valence-electron chi connectivity index (χ4n) is 2.06. The third-order valence-corrected chi connectivity index (χ3v) is 5.57. The number of esters is 1. The zero-order valence-electron chi connectivity index (χ0n) is 12.4. The summed E-state index contributed by atoms with van der Waals surface area (Å²) in [6, 6.07) is 8.02. The third kappa shape index (κ3) is 3.17. The van der Waals surface area contributed by atoms with E-state index in [0.717, 1.165) is 11.3 Å². The number of hydrogen-bond acceptors (Lipinski definition) is 7. The van der Waals surface area contributed by atoms with E-state index in [9.17, 15) is 13.2 Å². The molecule has 7 nitrogen and oxygen atoms in total. The number of nitrogens with one attached hydrogen (secondary N) is 1. The van der Waals surface area contributed by atoms with Crippen LogP contribution in [0, 0.1) is 0 Å². The molecule has 1 aromatic carbocycles. The van der Waals surface area contributed by atoms with Crippen LogP contribution >= 0.6 is 11.3 Å². The minimum atomic E-state index is -3.93. The summed E-state index contributed by atoms with van der Waals surface area (Å²) in [4.78, 5) is 15.4. The summed E-state index contributed by atoms with van der Waals surface area (Å²) in [6.07, 6.45) is 2.82. The number of carbonyl (C=O) groups excluding carboxylic acids is 1. The Balaban J connectivity index is 1.92. The molecule has 24 heavy (non-hydrogen) atoms. The monoisotopic (exact) mass is 364 g/mol. The second-order valence-electron chi connectivity index (χ2n) is 4.66. The van der Waals surface area contributed by atoms with Crippen LogP contribution in [0.15, 0.2) is 57.6 Å². The van der Waals surface area contributed by atoms with Gasteiger partial charge in [0.05, 0.1) is 13.3 Å². The standard InChI is InChI=1S/C15H12N2O5S2/c1-21-15(18)14-13(5-6-23-14)24(19,20)17-11-4-2-3-10(7-11)12-8-16-9-22-12/h2-9,17H,1H3. The number of benzene rings is 1. The molecule has 1 N–H and O–H groups in total. The lowest BCUT2D eigenvalue weighted by Crippen LogP contribution is -2.15. The number of methoxy groups -OCH3 is 1. The molecule has 0 aliphatic carbocycles. The number of rotatable bonds is 5. The molecule has 0 radical (unpaired) electrons. The first kappa shape index (κ1) is 16.2. The number of aromatic nitrogens is 1. The number of hydrogen-bond donors (Lipinski definition) is 1. The Morgan fingerprint density at radius 1 is 1.33 bits per heavy atom. The summed E-state index contributed by atoms with van der Waals surface area (Å²) in [6.45, 7) is 0. The molecule has 0 aliphatic heterocycles. The normalized spacial score (nSPS) is 11.2. The van der Waals surface area contributed by atoms with Crippen molar-refractivity contribution < 1.29 is 22.4 Å². The van der Waals surface area contributed by atoms with Gasteiger partial charge in [-0.05, 0) is 23.6 Å². The molecule has 0 amide bonds. The fourth-order valence-corrected chi connectivity index (χ4v) is 4.44. The van der Waals surface area contributed by atoms with Crippen LogP contribution in [0.25, 0.3) is 11.3 Å². The van der Waals surface area contributed by atoms with Crippen molar-refractivity contribution in [3.05, 3.63) is 53.2 Å². The second-order valence-corrected chi connectivity index (χ2v) is 7.22. The molecule has 0 bridgehead atoms. The first-order valence-corrected chi connectivity index (χ1v) is 9.05. The topological polar surface area (TPSA) is 98.5 Å². The van der Waals surface area contributed by atoms with Crippen molar-refractivity contribution in [3.63, 3.8) is 0 Å². The van der Waals surface area contributed by atoms with Crippen molar-refractivity contribution in [2.75, 3.05) is 11.8 Å². The molecule has 3 rings (SSSR count). The molecule has 2 heterocycles. The highest BCUT2D eigenvalue weighted by Gasteiger charge is 2.24.